The number of carbonyl (C=O) groups excluding carboxylic acids is 2. The van der Waals surface area contributed by atoms with Crippen molar-refractivity contribution in [3.8, 4) is 11.1 Å². The van der Waals surface area contributed by atoms with Crippen LogP contribution in [-0.4, -0.2) is 46.0 Å². The van der Waals surface area contributed by atoms with Crippen LogP contribution < -0.4 is 16.4 Å². The zero-order chi connectivity index (χ0) is 28.0. The first-order chi connectivity index (χ1) is 17.8. The van der Waals surface area contributed by atoms with E-state index in [1.165, 1.54) is 38.2 Å². The molecular formula is C27H30ClFN4O5. The maximum absolute atomic E-state index is 14.3. The minimum atomic E-state index is -1.18. The van der Waals surface area contributed by atoms with E-state index in [2.05, 4.69) is 15.6 Å². The first kappa shape index (κ1) is 28.8. The highest BCUT2D eigenvalue weighted by Crippen LogP contribution is 2.27. The van der Waals surface area contributed by atoms with Crippen LogP contribution in [0.25, 0.3) is 11.1 Å². The highest BCUT2D eigenvalue weighted by atomic mass is 35.5. The molecule has 1 heterocycles. The average molecular weight is 545 g/mol. The minimum Gasteiger partial charge on any atom is -0.481 e. The molecule has 3 rings (SSSR count). The van der Waals surface area contributed by atoms with E-state index in [-0.39, 0.29) is 25.3 Å². The van der Waals surface area contributed by atoms with Gasteiger partial charge in [-0.2, -0.15) is 0 Å². The Bertz CT molecular complexity index is 1300. The number of rotatable bonds is 11. The third-order valence-corrected chi connectivity index (χ3v) is 6.07. The van der Waals surface area contributed by atoms with Crippen molar-refractivity contribution >= 4 is 29.4 Å². The largest absolute Gasteiger partial charge is 0.481 e. The first-order valence-electron chi connectivity index (χ1n) is 11.9. The van der Waals surface area contributed by atoms with Crippen molar-refractivity contribution in [1.82, 2.24) is 15.6 Å². The Morgan fingerprint density at radius 2 is 1.87 bits per heavy atom. The van der Waals surface area contributed by atoms with Gasteiger partial charge in [0.25, 0.3) is 5.89 Å². The van der Waals surface area contributed by atoms with Crippen molar-refractivity contribution in [2.75, 3.05) is 6.54 Å². The van der Waals surface area contributed by atoms with Gasteiger partial charge in [0, 0.05) is 23.2 Å². The summed E-state index contributed by atoms with van der Waals surface area (Å²) < 4.78 is 19.6. The van der Waals surface area contributed by atoms with Crippen molar-refractivity contribution in [2.45, 2.75) is 45.2 Å². The number of halogens is 2. The lowest BCUT2D eigenvalue weighted by Gasteiger charge is -2.24. The Morgan fingerprint density at radius 3 is 2.45 bits per heavy atom. The fourth-order valence-electron chi connectivity index (χ4n) is 3.78. The second-order valence-electron chi connectivity index (χ2n) is 9.67. The Balaban J connectivity index is 1.80. The van der Waals surface area contributed by atoms with E-state index < -0.39 is 41.1 Å². The van der Waals surface area contributed by atoms with Gasteiger partial charge in [-0.15, -0.1) is 0 Å². The number of aromatic nitrogens is 1. The topological polar surface area (TPSA) is 148 Å². The number of aliphatic carboxylic acids is 1. The van der Waals surface area contributed by atoms with Gasteiger partial charge < -0.3 is 25.9 Å². The number of nitrogens with zero attached hydrogens (tertiary/aromatic N) is 1. The molecule has 0 saturated carbocycles. The van der Waals surface area contributed by atoms with Crippen molar-refractivity contribution in [2.24, 2.45) is 11.7 Å². The lowest BCUT2D eigenvalue weighted by molar-refractivity contribution is -0.142. The third kappa shape index (κ3) is 7.87. The Labute approximate surface area is 224 Å². The summed E-state index contributed by atoms with van der Waals surface area (Å²) >= 11 is 6.01. The summed E-state index contributed by atoms with van der Waals surface area (Å²) in [6, 6.07) is 10.6. The molecule has 1 aromatic heterocycles. The maximum Gasteiger partial charge on any atom is 0.308 e. The average Bonchev–Trinajstić information content (AvgIpc) is 3.29. The predicted octanol–water partition coefficient (Wildman–Crippen LogP) is 3.73. The molecule has 9 nitrogen and oxygen atoms in total. The lowest BCUT2D eigenvalue weighted by atomic mass is 9.93. The van der Waals surface area contributed by atoms with Crippen LogP contribution in [0.3, 0.4) is 0 Å². The van der Waals surface area contributed by atoms with Gasteiger partial charge in [-0.25, -0.2) is 9.37 Å². The number of carboxylic acid groups (broad SMARTS) is 1. The van der Waals surface area contributed by atoms with Gasteiger partial charge in [0.15, 0.2) is 0 Å². The molecule has 0 aliphatic rings. The molecule has 2 atom stereocenters. The number of aryl methyl sites for hydroxylation is 1. The number of amides is 2. The van der Waals surface area contributed by atoms with Gasteiger partial charge in [0.1, 0.15) is 11.6 Å². The Hall–Kier alpha value is -3.76. The summed E-state index contributed by atoms with van der Waals surface area (Å²) in [6.45, 7) is 4.50. The van der Waals surface area contributed by atoms with Crippen LogP contribution in [0.5, 0.6) is 0 Å². The SMILES string of the molecule is Cc1cnc(C(=O)N[C@H](Cc2ccc(-c3cc(Cl)ccc3F)cc2)C[C@@H](CNC(=O)C(C)(C)N)C(=O)O)o1. The van der Waals surface area contributed by atoms with Crippen molar-refractivity contribution < 1.29 is 28.3 Å². The maximum atomic E-state index is 14.3. The van der Waals surface area contributed by atoms with Crippen LogP contribution in [0.15, 0.2) is 53.1 Å². The zero-order valence-corrected chi connectivity index (χ0v) is 22.0. The smallest absolute Gasteiger partial charge is 0.308 e. The van der Waals surface area contributed by atoms with Crippen LogP contribution in [-0.2, 0) is 16.0 Å². The predicted molar refractivity (Wildman–Crippen MR) is 140 cm³/mol. The van der Waals surface area contributed by atoms with Crippen LogP contribution in [0.4, 0.5) is 4.39 Å². The number of carbonyl (C=O) groups is 3. The molecule has 2 aromatic carbocycles. The normalized spacial score (nSPS) is 13.0. The molecule has 11 heteroatoms. The van der Waals surface area contributed by atoms with Crippen molar-refractivity contribution in [3.63, 3.8) is 0 Å². The number of benzene rings is 2. The van der Waals surface area contributed by atoms with Gasteiger partial charge in [-0.1, -0.05) is 35.9 Å². The van der Waals surface area contributed by atoms with Gasteiger partial charge in [0.2, 0.25) is 5.91 Å². The molecule has 0 fully saturated rings. The molecule has 5 N–H and O–H groups in total. The van der Waals surface area contributed by atoms with E-state index in [4.69, 9.17) is 21.8 Å². The fraction of sp³-hybridized carbons (Fsp3) is 0.333. The van der Waals surface area contributed by atoms with Gasteiger partial charge in [-0.05, 0) is 62.9 Å². The summed E-state index contributed by atoms with van der Waals surface area (Å²) in [5.41, 5.74) is 6.33. The summed E-state index contributed by atoms with van der Waals surface area (Å²) in [5.74, 6) is -3.37. The number of nitrogens with two attached hydrogens (primary N) is 1. The van der Waals surface area contributed by atoms with Crippen LogP contribution in [0, 0.1) is 18.7 Å². The highest BCUT2D eigenvalue weighted by molar-refractivity contribution is 6.30. The molecular weight excluding hydrogens is 515 g/mol. The number of hydrogen-bond acceptors (Lipinski definition) is 6. The second kappa shape index (κ2) is 12.2. The monoisotopic (exact) mass is 544 g/mol. The van der Waals surface area contributed by atoms with Gasteiger partial charge in [0.05, 0.1) is 17.7 Å². The quantitative estimate of drug-likeness (QED) is 0.287. The molecule has 0 aliphatic heterocycles. The molecule has 0 radical (unpaired) electrons. The minimum absolute atomic E-state index is 0.00326. The number of oxazole rings is 1. The molecule has 0 bridgehead atoms. The number of carboxylic acids is 1. The van der Waals surface area contributed by atoms with Crippen LogP contribution in [0.2, 0.25) is 5.02 Å². The molecule has 3 aromatic rings. The van der Waals surface area contributed by atoms with Crippen molar-refractivity contribution in [1.29, 1.82) is 0 Å². The fourth-order valence-corrected chi connectivity index (χ4v) is 3.95. The first-order valence-corrected chi connectivity index (χ1v) is 12.3. The zero-order valence-electron chi connectivity index (χ0n) is 21.3. The lowest BCUT2D eigenvalue weighted by Crippen LogP contribution is -2.51. The molecule has 0 saturated heterocycles. The summed E-state index contributed by atoms with van der Waals surface area (Å²) in [7, 11) is 0. The molecule has 0 unspecified atom stereocenters. The molecule has 2 amide bonds. The molecule has 0 aliphatic carbocycles. The van der Waals surface area contributed by atoms with Gasteiger partial charge in [-0.3, -0.25) is 14.4 Å². The molecule has 38 heavy (non-hydrogen) atoms. The van der Waals surface area contributed by atoms with E-state index in [0.29, 0.717) is 21.9 Å². The number of nitrogens with one attached hydrogen (secondary N) is 2. The second-order valence-corrected chi connectivity index (χ2v) is 10.1. The van der Waals surface area contributed by atoms with Gasteiger partial charge >= 0.3 is 11.9 Å². The standard InChI is InChI=1S/C27H30ClFN4O5/c1-15-13-31-24(38-15)23(34)33-20(11-18(25(35)36)14-32-26(37)27(2,3)30)10-16-4-6-17(7-5-16)21-12-19(28)8-9-22(21)29/h4-9,12-13,18,20H,10-11,14,30H2,1-3H3,(H,32,37)(H,33,34)(H,35,36)/t18-,20+/m0/s1. The van der Waals surface area contributed by atoms with Crippen molar-refractivity contribution in [3.05, 3.63) is 76.7 Å². The highest BCUT2D eigenvalue weighted by Gasteiger charge is 2.28. The van der Waals surface area contributed by atoms with E-state index in [9.17, 15) is 23.9 Å². The third-order valence-electron chi connectivity index (χ3n) is 5.84. The summed E-state index contributed by atoms with van der Waals surface area (Å²) in [6.07, 6.45) is 1.66. The molecule has 202 valence electrons. The van der Waals surface area contributed by atoms with E-state index in [1.54, 1.807) is 31.2 Å². The molecule has 0 spiro atoms. The summed E-state index contributed by atoms with van der Waals surface area (Å²) in [5, 5.41) is 15.5. The number of hydrogen-bond donors (Lipinski definition) is 4. The van der Waals surface area contributed by atoms with Crippen LogP contribution >= 0.6 is 11.6 Å². The summed E-state index contributed by atoms with van der Waals surface area (Å²) in [4.78, 5) is 40.9. The van der Waals surface area contributed by atoms with E-state index in [0.717, 1.165) is 5.56 Å². The van der Waals surface area contributed by atoms with E-state index >= 15 is 0 Å². The Kier molecular flexibility index (Phi) is 9.24. The van der Waals surface area contributed by atoms with Crippen LogP contribution in [0.1, 0.15) is 42.3 Å². The Morgan fingerprint density at radius 1 is 1.18 bits per heavy atom. The van der Waals surface area contributed by atoms with E-state index in [1.807, 2.05) is 0 Å².